The summed E-state index contributed by atoms with van der Waals surface area (Å²) in [4.78, 5) is 55.2. The normalized spacial score (nSPS) is 13.4. The number of sulfone groups is 1. The highest BCUT2D eigenvalue weighted by Gasteiger charge is 2.29. The number of thiazole rings is 1. The van der Waals surface area contributed by atoms with E-state index in [9.17, 15) is 28.1 Å². The predicted molar refractivity (Wildman–Crippen MR) is 216 cm³/mol. The summed E-state index contributed by atoms with van der Waals surface area (Å²) in [5.41, 5.74) is 3.47. The highest BCUT2D eigenvalue weighted by Crippen LogP contribution is 2.32. The van der Waals surface area contributed by atoms with Crippen molar-refractivity contribution in [2.75, 3.05) is 49.8 Å². The van der Waals surface area contributed by atoms with Crippen molar-refractivity contribution >= 4 is 54.9 Å². The van der Waals surface area contributed by atoms with Crippen molar-refractivity contribution in [1.82, 2.24) is 24.3 Å². The minimum atomic E-state index is -4.29. The summed E-state index contributed by atoms with van der Waals surface area (Å²) in [6, 6.07) is 18.1. The molecule has 15 nitrogen and oxygen atoms in total. The molecule has 0 bridgehead atoms. The van der Waals surface area contributed by atoms with Gasteiger partial charge in [0.15, 0.2) is 32.2 Å². The summed E-state index contributed by atoms with van der Waals surface area (Å²) in [7, 11) is -0.454. The maximum absolute atomic E-state index is 13.6. The Balaban J connectivity index is 1.02. The van der Waals surface area contributed by atoms with E-state index in [0.29, 0.717) is 60.3 Å². The lowest BCUT2D eigenvalue weighted by molar-refractivity contribution is -0.384. The number of carbonyl (C=O) groups is 2. The fourth-order valence-electron chi connectivity index (χ4n) is 6.64. The number of Topliss-reactive ketones (excluding diaryl/α,β-unsaturated/α-hetero) is 2. The average Bonchev–Trinajstić information content (AvgIpc) is 3.86. The fraction of sp³-hybridized carbons (Fsp3) is 0.275. The molecule has 7 rings (SSSR count). The zero-order valence-electron chi connectivity index (χ0n) is 31.3. The molecule has 0 amide bonds. The maximum Gasteiger partial charge on any atom is 0.293 e. The van der Waals surface area contributed by atoms with E-state index in [4.69, 9.17) is 4.74 Å². The SMILES string of the molecule is CN(C)CC[C@H](COc1ccccc1)Nc1ccc(S(=O)(=O)CC(=O)c2csc(N3CCc4cccc(C(=O)Cc5cn6ccncc6n5)c4C3)n2)cc1[N+](=O)[O-]. The van der Waals surface area contributed by atoms with Gasteiger partial charge in [-0.2, -0.15) is 0 Å². The number of hydrogen-bond donors (Lipinski definition) is 1. The van der Waals surface area contributed by atoms with Gasteiger partial charge in [-0.1, -0.05) is 36.4 Å². The Bertz CT molecular complexity index is 2510. The molecule has 0 radical (unpaired) electrons. The molecular weight excluding hydrogens is 769 g/mol. The molecule has 4 heterocycles. The Morgan fingerprint density at radius 2 is 1.89 bits per heavy atom. The number of para-hydroxylation sites is 1. The monoisotopic (exact) mass is 808 g/mol. The Kier molecular flexibility index (Phi) is 11.7. The van der Waals surface area contributed by atoms with Gasteiger partial charge in [0.1, 0.15) is 29.5 Å². The van der Waals surface area contributed by atoms with Crippen molar-refractivity contribution < 1.29 is 27.7 Å². The van der Waals surface area contributed by atoms with Crippen LogP contribution in [0.2, 0.25) is 0 Å². The first-order chi connectivity index (χ1) is 27.4. The van der Waals surface area contributed by atoms with Gasteiger partial charge in [-0.25, -0.2) is 18.4 Å². The van der Waals surface area contributed by atoms with Crippen LogP contribution in [0.5, 0.6) is 5.75 Å². The summed E-state index contributed by atoms with van der Waals surface area (Å²) in [6.07, 6.45) is 8.22. The Morgan fingerprint density at radius 3 is 2.67 bits per heavy atom. The van der Waals surface area contributed by atoms with E-state index in [1.165, 1.54) is 28.8 Å². The molecule has 294 valence electrons. The van der Waals surface area contributed by atoms with Gasteiger partial charge in [0.05, 0.1) is 34.2 Å². The molecule has 6 aromatic rings. The third-order valence-corrected chi connectivity index (χ3v) is 12.1. The molecule has 0 spiro atoms. The van der Waals surface area contributed by atoms with Crippen molar-refractivity contribution in [1.29, 1.82) is 0 Å². The Labute approximate surface area is 333 Å². The summed E-state index contributed by atoms with van der Waals surface area (Å²) >= 11 is 1.21. The second kappa shape index (κ2) is 17.0. The number of ether oxygens (including phenoxy) is 1. The van der Waals surface area contributed by atoms with E-state index in [2.05, 4.69) is 20.3 Å². The average molecular weight is 809 g/mol. The van der Waals surface area contributed by atoms with E-state index in [0.717, 1.165) is 17.2 Å². The zero-order chi connectivity index (χ0) is 40.1. The van der Waals surface area contributed by atoms with Crippen molar-refractivity contribution in [2.24, 2.45) is 0 Å². The van der Waals surface area contributed by atoms with Gasteiger partial charge in [-0.15, -0.1) is 11.3 Å². The van der Waals surface area contributed by atoms with Crippen LogP contribution in [0.25, 0.3) is 5.65 Å². The molecule has 1 atom stereocenters. The van der Waals surface area contributed by atoms with Crippen LogP contribution in [-0.4, -0.2) is 94.7 Å². The Hall–Kier alpha value is -6.04. The van der Waals surface area contributed by atoms with Crippen LogP contribution in [-0.2, 0) is 29.2 Å². The lowest BCUT2D eigenvalue weighted by Crippen LogP contribution is -2.32. The first-order valence-corrected chi connectivity index (χ1v) is 20.7. The fourth-order valence-corrected chi connectivity index (χ4v) is 8.72. The van der Waals surface area contributed by atoms with Gasteiger partial charge in [0, 0.05) is 48.7 Å². The highest BCUT2D eigenvalue weighted by molar-refractivity contribution is 7.92. The number of nitrogens with one attached hydrogen (secondary N) is 1. The van der Waals surface area contributed by atoms with Crippen LogP contribution in [0.15, 0.2) is 102 Å². The summed E-state index contributed by atoms with van der Waals surface area (Å²) < 4.78 is 34.8. The van der Waals surface area contributed by atoms with Crippen LogP contribution < -0.4 is 15.0 Å². The number of imidazole rings is 1. The largest absolute Gasteiger partial charge is 0.491 e. The topological polar surface area (TPSA) is 182 Å². The van der Waals surface area contributed by atoms with Gasteiger partial charge in [-0.05, 0) is 68.9 Å². The Morgan fingerprint density at radius 1 is 1.07 bits per heavy atom. The van der Waals surface area contributed by atoms with E-state index in [1.807, 2.05) is 77.0 Å². The molecule has 1 aliphatic rings. The number of rotatable bonds is 17. The minimum Gasteiger partial charge on any atom is -0.491 e. The smallest absolute Gasteiger partial charge is 0.293 e. The molecular formula is C40H40N8O7S2. The summed E-state index contributed by atoms with van der Waals surface area (Å²) in [5.74, 6) is -1.08. The number of nitro benzene ring substituents is 1. The quantitative estimate of drug-likeness (QED) is 0.0689. The molecule has 1 aliphatic heterocycles. The van der Waals surface area contributed by atoms with Crippen molar-refractivity contribution in [3.8, 4) is 5.75 Å². The number of fused-ring (bicyclic) bond motifs is 2. The van der Waals surface area contributed by atoms with E-state index >= 15 is 0 Å². The summed E-state index contributed by atoms with van der Waals surface area (Å²) in [6.45, 7) is 1.85. The molecule has 3 aromatic carbocycles. The number of hydrogen-bond acceptors (Lipinski definition) is 14. The molecule has 0 fully saturated rings. The zero-order valence-corrected chi connectivity index (χ0v) is 32.9. The van der Waals surface area contributed by atoms with Crippen LogP contribution in [0.1, 0.15) is 44.1 Å². The number of nitrogens with zero attached hydrogens (tertiary/aromatic N) is 7. The van der Waals surface area contributed by atoms with E-state index in [1.54, 1.807) is 24.7 Å². The molecule has 0 saturated carbocycles. The summed E-state index contributed by atoms with van der Waals surface area (Å²) in [5, 5.41) is 17.4. The number of ketones is 2. The standard InChI is InChI=1S/C40H40N8O7S2/c1-45(2)16-14-28(24-55-30-8-4-3-5-9-30)42-34-12-11-31(20-36(34)48(51)52)57(53,54)26-38(50)35-25-56-40(44-35)47-17-13-27-7-6-10-32(33(27)23-47)37(49)19-29-22-46-18-15-41-21-39(46)43-29/h3-12,15,18,20-22,25,28,42H,13-14,16-17,19,23-24,26H2,1-2H3/t28-/m1/s1. The lowest BCUT2D eigenvalue weighted by Gasteiger charge is -2.29. The third kappa shape index (κ3) is 9.33. The molecule has 0 aliphatic carbocycles. The molecule has 17 heteroatoms. The van der Waals surface area contributed by atoms with Crippen LogP contribution in [0.4, 0.5) is 16.5 Å². The van der Waals surface area contributed by atoms with Crippen LogP contribution in [0.3, 0.4) is 0 Å². The number of aromatic nitrogens is 4. The van der Waals surface area contributed by atoms with Gasteiger partial charge in [-0.3, -0.25) is 24.7 Å². The highest BCUT2D eigenvalue weighted by atomic mass is 32.2. The first-order valence-electron chi connectivity index (χ1n) is 18.2. The second-order valence-corrected chi connectivity index (χ2v) is 16.8. The predicted octanol–water partition coefficient (Wildman–Crippen LogP) is 5.55. The van der Waals surface area contributed by atoms with Gasteiger partial charge < -0.3 is 24.3 Å². The number of nitro groups is 1. The van der Waals surface area contributed by atoms with Crippen LogP contribution in [0, 0.1) is 10.1 Å². The maximum atomic E-state index is 13.6. The van der Waals surface area contributed by atoms with Gasteiger partial charge >= 0.3 is 0 Å². The molecule has 57 heavy (non-hydrogen) atoms. The molecule has 0 saturated heterocycles. The lowest BCUT2D eigenvalue weighted by atomic mass is 9.92. The first kappa shape index (κ1) is 39.2. The van der Waals surface area contributed by atoms with E-state index in [-0.39, 0.29) is 41.1 Å². The van der Waals surface area contributed by atoms with Gasteiger partial charge in [0.25, 0.3) is 5.69 Å². The number of carbonyl (C=O) groups excluding carboxylic acids is 2. The van der Waals surface area contributed by atoms with Gasteiger partial charge in [0.2, 0.25) is 0 Å². The molecule has 1 N–H and O–H groups in total. The minimum absolute atomic E-state index is 0.0231. The van der Waals surface area contributed by atoms with Crippen molar-refractivity contribution in [3.63, 3.8) is 0 Å². The molecule has 0 unspecified atom stereocenters. The van der Waals surface area contributed by atoms with Crippen molar-refractivity contribution in [2.45, 2.75) is 36.7 Å². The van der Waals surface area contributed by atoms with E-state index < -0.39 is 32.0 Å². The number of anilines is 2. The third-order valence-electron chi connectivity index (χ3n) is 9.60. The number of benzene rings is 3. The molecule has 3 aromatic heterocycles. The second-order valence-electron chi connectivity index (χ2n) is 14.0. The van der Waals surface area contributed by atoms with Crippen molar-refractivity contribution in [3.05, 3.63) is 135 Å². The van der Waals surface area contributed by atoms with Crippen LogP contribution >= 0.6 is 11.3 Å².